The summed E-state index contributed by atoms with van der Waals surface area (Å²) in [5, 5.41) is 4.31. The lowest BCUT2D eigenvalue weighted by Crippen LogP contribution is -2.39. The molecule has 1 aromatic rings. The molecule has 1 unspecified atom stereocenters. The van der Waals surface area contributed by atoms with Crippen LogP contribution in [0.5, 0.6) is 0 Å². The summed E-state index contributed by atoms with van der Waals surface area (Å²) in [5.41, 5.74) is 2.19. The van der Waals surface area contributed by atoms with E-state index in [0.717, 1.165) is 24.1 Å². The van der Waals surface area contributed by atoms with E-state index >= 15 is 0 Å². The van der Waals surface area contributed by atoms with Crippen molar-refractivity contribution < 1.29 is 4.79 Å². The molecular formula is C14H18Cl2N2O. The van der Waals surface area contributed by atoms with Gasteiger partial charge in [-0.05, 0) is 43.7 Å². The highest BCUT2D eigenvalue weighted by Gasteiger charge is 2.29. The normalized spacial score (nSPS) is 18.3. The van der Waals surface area contributed by atoms with E-state index in [2.05, 4.69) is 5.32 Å². The maximum absolute atomic E-state index is 12.2. The molecule has 0 aliphatic carbocycles. The minimum absolute atomic E-state index is 0.0119. The number of hydrogen-bond acceptors (Lipinski definition) is 2. The molecular weight excluding hydrogens is 283 g/mol. The largest absolute Gasteiger partial charge is 0.336 e. The van der Waals surface area contributed by atoms with Crippen LogP contribution in [-0.4, -0.2) is 30.9 Å². The fourth-order valence-corrected chi connectivity index (χ4v) is 3.31. The lowest BCUT2D eigenvalue weighted by Gasteiger charge is -2.36. The van der Waals surface area contributed by atoms with Gasteiger partial charge in [0.05, 0.1) is 6.04 Å². The number of halogens is 2. The molecule has 0 saturated heterocycles. The number of rotatable bonds is 3. The van der Waals surface area contributed by atoms with Crippen LogP contribution in [0, 0.1) is 0 Å². The van der Waals surface area contributed by atoms with Crippen molar-refractivity contribution in [3.05, 3.63) is 33.3 Å². The number of nitrogens with zero attached hydrogens (tertiary/aromatic N) is 1. The number of carbonyl (C=O) groups excluding carboxylic acids is 1. The van der Waals surface area contributed by atoms with Crippen LogP contribution in [0.25, 0.3) is 0 Å². The summed E-state index contributed by atoms with van der Waals surface area (Å²) in [7, 11) is 1.85. The predicted octanol–water partition coefficient (Wildman–Crippen LogP) is 3.05. The van der Waals surface area contributed by atoms with Gasteiger partial charge < -0.3 is 10.2 Å². The highest BCUT2D eigenvalue weighted by molar-refractivity contribution is 6.35. The third-order valence-electron chi connectivity index (χ3n) is 3.60. The third-order valence-corrected chi connectivity index (χ3v) is 4.13. The van der Waals surface area contributed by atoms with Gasteiger partial charge in [0, 0.05) is 29.6 Å². The lowest BCUT2D eigenvalue weighted by molar-refractivity contribution is -0.133. The first-order chi connectivity index (χ1) is 9.04. The Morgan fingerprint density at radius 3 is 2.89 bits per heavy atom. The molecule has 19 heavy (non-hydrogen) atoms. The Morgan fingerprint density at radius 2 is 2.21 bits per heavy atom. The SMILES string of the molecule is CNCCC(=O)N1CCc2cc(Cl)cc(Cl)c2C1C. The summed E-state index contributed by atoms with van der Waals surface area (Å²) < 4.78 is 0. The van der Waals surface area contributed by atoms with Crippen molar-refractivity contribution in [2.45, 2.75) is 25.8 Å². The van der Waals surface area contributed by atoms with Crippen LogP contribution in [0.1, 0.15) is 30.5 Å². The first-order valence-corrected chi connectivity index (χ1v) is 7.22. The van der Waals surface area contributed by atoms with Gasteiger partial charge in [0.15, 0.2) is 0 Å². The zero-order valence-electron chi connectivity index (χ0n) is 11.2. The van der Waals surface area contributed by atoms with Crippen LogP contribution in [-0.2, 0) is 11.2 Å². The Labute approximate surface area is 123 Å². The Bertz CT molecular complexity index is 491. The lowest BCUT2D eigenvalue weighted by atomic mass is 9.93. The molecule has 0 fully saturated rings. The van der Waals surface area contributed by atoms with Gasteiger partial charge in [-0.3, -0.25) is 4.79 Å². The van der Waals surface area contributed by atoms with Crippen molar-refractivity contribution in [3.8, 4) is 0 Å². The summed E-state index contributed by atoms with van der Waals surface area (Å²) in [4.78, 5) is 14.1. The molecule has 1 atom stereocenters. The Balaban J connectivity index is 2.24. The number of fused-ring (bicyclic) bond motifs is 1. The molecule has 2 rings (SSSR count). The minimum Gasteiger partial charge on any atom is -0.336 e. The smallest absolute Gasteiger partial charge is 0.224 e. The molecule has 1 amide bonds. The molecule has 0 spiro atoms. The molecule has 1 aromatic carbocycles. The zero-order chi connectivity index (χ0) is 14.0. The molecule has 0 saturated carbocycles. The number of benzene rings is 1. The topological polar surface area (TPSA) is 32.3 Å². The quantitative estimate of drug-likeness (QED) is 0.930. The first kappa shape index (κ1) is 14.6. The maximum Gasteiger partial charge on any atom is 0.224 e. The first-order valence-electron chi connectivity index (χ1n) is 6.46. The molecule has 1 heterocycles. The van der Waals surface area contributed by atoms with Gasteiger partial charge in [-0.2, -0.15) is 0 Å². The maximum atomic E-state index is 12.2. The molecule has 3 nitrogen and oxygen atoms in total. The molecule has 0 radical (unpaired) electrons. The highest BCUT2D eigenvalue weighted by atomic mass is 35.5. The summed E-state index contributed by atoms with van der Waals surface area (Å²) in [6.45, 7) is 3.45. The minimum atomic E-state index is 0.0119. The number of nitrogens with one attached hydrogen (secondary N) is 1. The Kier molecular flexibility index (Phi) is 4.71. The van der Waals surface area contributed by atoms with Crippen molar-refractivity contribution in [2.24, 2.45) is 0 Å². The van der Waals surface area contributed by atoms with E-state index in [4.69, 9.17) is 23.2 Å². The number of hydrogen-bond donors (Lipinski definition) is 1. The van der Waals surface area contributed by atoms with Gasteiger partial charge in [-0.25, -0.2) is 0 Å². The van der Waals surface area contributed by atoms with Crippen molar-refractivity contribution in [1.29, 1.82) is 0 Å². The van der Waals surface area contributed by atoms with E-state index in [0.29, 0.717) is 23.0 Å². The van der Waals surface area contributed by atoms with E-state index in [-0.39, 0.29) is 11.9 Å². The van der Waals surface area contributed by atoms with Gasteiger partial charge in [0.1, 0.15) is 0 Å². The molecule has 1 aliphatic rings. The molecule has 1 N–H and O–H groups in total. The average molecular weight is 301 g/mol. The number of carbonyl (C=O) groups is 1. The van der Waals surface area contributed by atoms with E-state index in [1.54, 1.807) is 6.07 Å². The molecule has 0 bridgehead atoms. The third kappa shape index (κ3) is 3.04. The molecule has 1 aliphatic heterocycles. The highest BCUT2D eigenvalue weighted by Crippen LogP contribution is 2.36. The summed E-state index contributed by atoms with van der Waals surface area (Å²) in [6.07, 6.45) is 1.33. The Morgan fingerprint density at radius 1 is 1.47 bits per heavy atom. The summed E-state index contributed by atoms with van der Waals surface area (Å²) in [5.74, 6) is 0.165. The predicted molar refractivity (Wildman–Crippen MR) is 78.8 cm³/mol. The summed E-state index contributed by atoms with van der Waals surface area (Å²) in [6, 6.07) is 3.71. The van der Waals surface area contributed by atoms with Crippen LogP contribution in [0.2, 0.25) is 10.0 Å². The second kappa shape index (κ2) is 6.12. The van der Waals surface area contributed by atoms with Crippen LogP contribution in [0.15, 0.2) is 12.1 Å². The summed E-state index contributed by atoms with van der Waals surface area (Å²) >= 11 is 12.3. The fraction of sp³-hybridized carbons (Fsp3) is 0.500. The van der Waals surface area contributed by atoms with Gasteiger partial charge in [-0.1, -0.05) is 23.2 Å². The van der Waals surface area contributed by atoms with Crippen molar-refractivity contribution >= 4 is 29.1 Å². The van der Waals surface area contributed by atoms with E-state index in [1.165, 1.54) is 0 Å². The molecule has 0 aromatic heterocycles. The zero-order valence-corrected chi connectivity index (χ0v) is 12.7. The van der Waals surface area contributed by atoms with Gasteiger partial charge >= 0.3 is 0 Å². The van der Waals surface area contributed by atoms with Crippen molar-refractivity contribution in [1.82, 2.24) is 10.2 Å². The van der Waals surface area contributed by atoms with Crippen LogP contribution < -0.4 is 5.32 Å². The molecule has 104 valence electrons. The van der Waals surface area contributed by atoms with Crippen LogP contribution in [0.3, 0.4) is 0 Å². The van der Waals surface area contributed by atoms with E-state index in [9.17, 15) is 4.79 Å². The average Bonchev–Trinajstić information content (AvgIpc) is 2.35. The molecule has 5 heteroatoms. The Hall–Kier alpha value is -0.770. The second-order valence-electron chi connectivity index (χ2n) is 4.83. The second-order valence-corrected chi connectivity index (χ2v) is 5.67. The van der Waals surface area contributed by atoms with Gasteiger partial charge in [0.25, 0.3) is 0 Å². The monoisotopic (exact) mass is 300 g/mol. The standard InChI is InChI=1S/C14H18Cl2N2O/c1-9-14-10(7-11(15)8-12(14)16)4-6-18(9)13(19)3-5-17-2/h7-9,17H,3-6H2,1-2H3. The van der Waals surface area contributed by atoms with E-state index < -0.39 is 0 Å². The van der Waals surface area contributed by atoms with Crippen molar-refractivity contribution in [3.63, 3.8) is 0 Å². The van der Waals surface area contributed by atoms with Gasteiger partial charge in [0.2, 0.25) is 5.91 Å². The van der Waals surface area contributed by atoms with Crippen LogP contribution in [0.4, 0.5) is 0 Å². The fourth-order valence-electron chi connectivity index (χ4n) is 2.62. The van der Waals surface area contributed by atoms with E-state index in [1.807, 2.05) is 24.9 Å². The van der Waals surface area contributed by atoms with Crippen LogP contribution >= 0.6 is 23.2 Å². The van der Waals surface area contributed by atoms with Gasteiger partial charge in [-0.15, -0.1) is 0 Å². The number of amides is 1. The van der Waals surface area contributed by atoms with Crippen molar-refractivity contribution in [2.75, 3.05) is 20.1 Å².